The summed E-state index contributed by atoms with van der Waals surface area (Å²) in [6, 6.07) is 0. The number of ether oxygens (including phenoxy) is 1. The zero-order valence-electron chi connectivity index (χ0n) is 10.0. The third-order valence-electron chi connectivity index (χ3n) is 2.78. The maximum atomic E-state index is 12.0. The Morgan fingerprint density at radius 2 is 2.22 bits per heavy atom. The Morgan fingerprint density at radius 1 is 1.44 bits per heavy atom. The van der Waals surface area contributed by atoms with Crippen molar-refractivity contribution in [3.8, 4) is 0 Å². The summed E-state index contributed by atoms with van der Waals surface area (Å²) in [5.41, 5.74) is 1.62. The molecule has 0 fully saturated rings. The first-order chi connectivity index (χ1) is 8.67. The number of anilines is 1. The van der Waals surface area contributed by atoms with Crippen molar-refractivity contribution in [2.24, 2.45) is 0 Å². The number of aryl methyl sites for hydroxylation is 1. The normalized spacial score (nSPS) is 13.2. The molecule has 18 heavy (non-hydrogen) atoms. The van der Waals surface area contributed by atoms with Crippen molar-refractivity contribution in [3.05, 3.63) is 16.0 Å². The Bertz CT molecular complexity index is 484. The van der Waals surface area contributed by atoms with Gasteiger partial charge in [0.25, 0.3) is 0 Å². The van der Waals surface area contributed by atoms with Gasteiger partial charge in [-0.15, -0.1) is 11.3 Å². The van der Waals surface area contributed by atoms with E-state index in [1.807, 2.05) is 0 Å². The van der Waals surface area contributed by atoms with E-state index in [4.69, 9.17) is 4.74 Å². The van der Waals surface area contributed by atoms with E-state index in [2.05, 4.69) is 21.2 Å². The summed E-state index contributed by atoms with van der Waals surface area (Å²) in [7, 11) is 0. The van der Waals surface area contributed by atoms with Gasteiger partial charge >= 0.3 is 5.97 Å². The van der Waals surface area contributed by atoms with Gasteiger partial charge in [-0.3, -0.25) is 4.79 Å². The van der Waals surface area contributed by atoms with E-state index in [-0.39, 0.29) is 17.2 Å². The molecule has 1 aromatic heterocycles. The van der Waals surface area contributed by atoms with E-state index in [1.54, 1.807) is 6.92 Å². The molecule has 2 rings (SSSR count). The predicted molar refractivity (Wildman–Crippen MR) is 74.7 cm³/mol. The zero-order chi connectivity index (χ0) is 13.1. The van der Waals surface area contributed by atoms with E-state index in [0.717, 1.165) is 24.8 Å². The first-order valence-electron chi connectivity index (χ1n) is 5.84. The van der Waals surface area contributed by atoms with E-state index < -0.39 is 0 Å². The van der Waals surface area contributed by atoms with Crippen LogP contribution in [-0.4, -0.2) is 23.8 Å². The van der Waals surface area contributed by atoms with E-state index in [9.17, 15) is 9.59 Å². The first-order valence-corrected chi connectivity index (χ1v) is 7.78. The molecule has 0 bridgehead atoms. The van der Waals surface area contributed by atoms with Crippen molar-refractivity contribution in [2.75, 3.05) is 17.3 Å². The standard InChI is InChI=1S/C12H14BrNO3S/c1-2-17-12(16)10-7-4-3-5-8(7)18-11(10)14-9(15)6-13/h2-6H2,1H3,(H,14,15). The smallest absolute Gasteiger partial charge is 0.341 e. The lowest BCUT2D eigenvalue weighted by atomic mass is 10.1. The topological polar surface area (TPSA) is 55.4 Å². The quantitative estimate of drug-likeness (QED) is 0.681. The number of hydrogen-bond donors (Lipinski definition) is 1. The number of carbonyl (C=O) groups is 2. The van der Waals surface area contributed by atoms with Crippen LogP contribution in [0.15, 0.2) is 0 Å². The maximum absolute atomic E-state index is 12.0. The summed E-state index contributed by atoms with van der Waals surface area (Å²) in [4.78, 5) is 24.6. The summed E-state index contributed by atoms with van der Waals surface area (Å²) in [5.74, 6) is -0.484. The largest absolute Gasteiger partial charge is 0.462 e. The molecule has 1 N–H and O–H groups in total. The number of alkyl halides is 1. The van der Waals surface area contributed by atoms with Crippen molar-refractivity contribution in [1.82, 2.24) is 0 Å². The molecule has 1 aromatic rings. The Hall–Kier alpha value is -0.880. The molecule has 0 saturated heterocycles. The summed E-state index contributed by atoms with van der Waals surface area (Å²) >= 11 is 4.59. The minimum absolute atomic E-state index is 0.152. The van der Waals surface area contributed by atoms with Gasteiger partial charge in [-0.2, -0.15) is 0 Å². The molecule has 0 spiro atoms. The molecule has 98 valence electrons. The highest BCUT2D eigenvalue weighted by Crippen LogP contribution is 2.39. The first kappa shape index (κ1) is 13.5. The predicted octanol–water partition coefficient (Wildman–Crippen LogP) is 2.75. The average Bonchev–Trinajstić information content (AvgIpc) is 2.88. The van der Waals surface area contributed by atoms with Gasteiger partial charge in [0.1, 0.15) is 5.00 Å². The molecule has 0 aliphatic heterocycles. The number of carbonyl (C=O) groups excluding carboxylic acids is 2. The average molecular weight is 332 g/mol. The minimum atomic E-state index is -0.332. The molecule has 0 aromatic carbocycles. The fourth-order valence-electron chi connectivity index (χ4n) is 2.07. The van der Waals surface area contributed by atoms with Crippen LogP contribution >= 0.6 is 27.3 Å². The molecule has 1 aliphatic rings. The third-order valence-corrected chi connectivity index (χ3v) is 4.49. The molecule has 4 nitrogen and oxygen atoms in total. The van der Waals surface area contributed by atoms with Crippen LogP contribution in [-0.2, 0) is 22.4 Å². The van der Waals surface area contributed by atoms with Crippen LogP contribution in [0.2, 0.25) is 0 Å². The zero-order valence-corrected chi connectivity index (χ0v) is 12.4. The van der Waals surface area contributed by atoms with Gasteiger partial charge in [-0.25, -0.2) is 4.79 Å². The second-order valence-electron chi connectivity index (χ2n) is 3.96. The summed E-state index contributed by atoms with van der Waals surface area (Å²) in [5, 5.41) is 3.61. The van der Waals surface area contributed by atoms with Gasteiger partial charge in [0, 0.05) is 4.88 Å². The lowest BCUT2D eigenvalue weighted by Gasteiger charge is -2.06. The van der Waals surface area contributed by atoms with Crippen LogP contribution in [0.5, 0.6) is 0 Å². The van der Waals surface area contributed by atoms with Gasteiger partial charge in [-0.05, 0) is 31.7 Å². The number of nitrogens with one attached hydrogen (secondary N) is 1. The van der Waals surface area contributed by atoms with Gasteiger partial charge in [-0.1, -0.05) is 15.9 Å². The molecule has 1 aliphatic carbocycles. The molecule has 0 radical (unpaired) electrons. The highest BCUT2D eigenvalue weighted by atomic mass is 79.9. The molecule has 0 unspecified atom stereocenters. The van der Waals surface area contributed by atoms with Crippen LogP contribution in [0.4, 0.5) is 5.00 Å². The van der Waals surface area contributed by atoms with Gasteiger partial charge < -0.3 is 10.1 Å². The second kappa shape index (κ2) is 5.84. The monoisotopic (exact) mass is 331 g/mol. The van der Waals surface area contributed by atoms with E-state index in [1.165, 1.54) is 16.2 Å². The third kappa shape index (κ3) is 2.59. The number of thiophene rings is 1. The van der Waals surface area contributed by atoms with E-state index >= 15 is 0 Å². The molecule has 1 heterocycles. The SMILES string of the molecule is CCOC(=O)c1c(NC(=O)CBr)sc2c1CCC2. The number of hydrogen-bond acceptors (Lipinski definition) is 4. The maximum Gasteiger partial charge on any atom is 0.341 e. The molecule has 1 amide bonds. The number of halogens is 1. The van der Waals surface area contributed by atoms with Crippen molar-refractivity contribution >= 4 is 44.1 Å². The van der Waals surface area contributed by atoms with Crippen molar-refractivity contribution in [3.63, 3.8) is 0 Å². The van der Waals surface area contributed by atoms with Crippen molar-refractivity contribution in [1.29, 1.82) is 0 Å². The fraction of sp³-hybridized carbons (Fsp3) is 0.500. The Labute approximate surface area is 118 Å². The summed E-state index contributed by atoms with van der Waals surface area (Å²) in [6.07, 6.45) is 2.95. The molecule has 0 atom stereocenters. The van der Waals surface area contributed by atoms with Crippen molar-refractivity contribution < 1.29 is 14.3 Å². The van der Waals surface area contributed by atoms with Crippen LogP contribution in [0.1, 0.15) is 34.1 Å². The summed E-state index contributed by atoms with van der Waals surface area (Å²) in [6.45, 7) is 2.12. The van der Waals surface area contributed by atoms with Crippen LogP contribution in [0, 0.1) is 0 Å². The molecular weight excluding hydrogens is 318 g/mol. The highest BCUT2D eigenvalue weighted by Gasteiger charge is 2.28. The van der Waals surface area contributed by atoms with Gasteiger partial charge in [0.2, 0.25) is 5.91 Å². The summed E-state index contributed by atoms with van der Waals surface area (Å²) < 4.78 is 5.07. The van der Waals surface area contributed by atoms with Crippen LogP contribution < -0.4 is 5.32 Å². The lowest BCUT2D eigenvalue weighted by Crippen LogP contribution is -2.15. The number of rotatable bonds is 4. The Kier molecular flexibility index (Phi) is 4.40. The fourth-order valence-corrected chi connectivity index (χ4v) is 3.51. The second-order valence-corrected chi connectivity index (χ2v) is 5.63. The van der Waals surface area contributed by atoms with Gasteiger partial charge in [0.15, 0.2) is 0 Å². The Balaban J connectivity index is 2.34. The van der Waals surface area contributed by atoms with Crippen molar-refractivity contribution in [2.45, 2.75) is 26.2 Å². The number of fused-ring (bicyclic) bond motifs is 1. The highest BCUT2D eigenvalue weighted by molar-refractivity contribution is 9.09. The molecular formula is C12H14BrNO3S. The Morgan fingerprint density at radius 3 is 2.89 bits per heavy atom. The van der Waals surface area contributed by atoms with Gasteiger partial charge in [0.05, 0.1) is 17.5 Å². The number of amides is 1. The lowest BCUT2D eigenvalue weighted by molar-refractivity contribution is -0.113. The van der Waals surface area contributed by atoms with E-state index in [0.29, 0.717) is 17.2 Å². The van der Waals surface area contributed by atoms with Crippen LogP contribution in [0.3, 0.4) is 0 Å². The van der Waals surface area contributed by atoms with Crippen LogP contribution in [0.25, 0.3) is 0 Å². The number of esters is 1. The molecule has 0 saturated carbocycles. The minimum Gasteiger partial charge on any atom is -0.462 e. The molecule has 6 heteroatoms.